The number of fused-ring (bicyclic) bond motifs is 2. The molecule has 300 valence electrons. The lowest BCUT2D eigenvalue weighted by Crippen LogP contribution is -2.59. The fraction of sp³-hybridized carbons (Fsp3) is 0.553. The minimum absolute atomic E-state index is 0.0167. The molecule has 4 amide bonds. The number of hydrogen-bond acceptors (Lipinski definition) is 12. The zero-order valence-electron chi connectivity index (χ0n) is 31.7. The van der Waals surface area contributed by atoms with Crippen molar-refractivity contribution in [1.29, 1.82) is 0 Å². The number of nitrogens with zero attached hydrogens (tertiary/aromatic N) is 4. The molecule has 0 bridgehead atoms. The van der Waals surface area contributed by atoms with E-state index in [-0.39, 0.29) is 31.2 Å². The maximum Gasteiger partial charge on any atom is 0.405 e. The predicted molar refractivity (Wildman–Crippen MR) is 210 cm³/mol. The molecule has 2 saturated carbocycles. The van der Waals surface area contributed by atoms with E-state index in [0.717, 1.165) is 16.2 Å². The fourth-order valence-corrected chi connectivity index (χ4v) is 10.6. The lowest BCUT2D eigenvalue weighted by molar-refractivity contribution is -0.142. The number of carbonyl (C=O) groups is 4. The third-order valence-corrected chi connectivity index (χ3v) is 14.7. The molecule has 4 N–H and O–H groups in total. The lowest BCUT2D eigenvalue weighted by Gasteiger charge is -2.33. The Morgan fingerprint density at radius 1 is 1.05 bits per heavy atom. The van der Waals surface area contributed by atoms with Crippen LogP contribution in [0.25, 0.3) is 21.4 Å². The van der Waals surface area contributed by atoms with E-state index in [1.807, 2.05) is 32.9 Å². The SMILES string of the molecule is CC[C@@H]1C[C@H](C)CC/C=C\[C@@H]2C[C@@]2(C(=O)NS(=O)(=O)C2CC2)NC(=O)[C@@H]2C[C@@H](Oc3cc(-c4ncc(C)s4)nc(-c4ncc(C)s4)c3)CN2C(=O)[C@H]1NC(=O)O. The normalized spacial score (nSPS) is 28.9. The van der Waals surface area contributed by atoms with Crippen LogP contribution in [0.5, 0.6) is 5.75 Å². The Kier molecular flexibility index (Phi) is 11.3. The van der Waals surface area contributed by atoms with Crippen LogP contribution in [0, 0.1) is 31.6 Å². The van der Waals surface area contributed by atoms with Gasteiger partial charge in [-0.2, -0.15) is 0 Å². The summed E-state index contributed by atoms with van der Waals surface area (Å²) in [5.41, 5.74) is -0.401. The number of amides is 4. The molecule has 2 aliphatic carbocycles. The summed E-state index contributed by atoms with van der Waals surface area (Å²) in [6, 6.07) is 1.20. The van der Waals surface area contributed by atoms with Crippen molar-refractivity contribution in [3.05, 3.63) is 46.4 Å². The lowest BCUT2D eigenvalue weighted by atomic mass is 9.85. The molecule has 5 heterocycles. The highest BCUT2D eigenvalue weighted by molar-refractivity contribution is 7.91. The molecule has 3 aromatic rings. The monoisotopic (exact) mass is 825 g/mol. The number of carbonyl (C=O) groups excluding carboxylic acids is 3. The van der Waals surface area contributed by atoms with Crippen LogP contribution < -0.4 is 20.1 Å². The van der Waals surface area contributed by atoms with Gasteiger partial charge in [0, 0.05) is 46.6 Å². The Balaban J connectivity index is 1.24. The van der Waals surface area contributed by atoms with Gasteiger partial charge in [-0.3, -0.25) is 19.1 Å². The average molecular weight is 826 g/mol. The number of aryl methyl sites for hydroxylation is 2. The van der Waals surface area contributed by atoms with Crippen molar-refractivity contribution in [2.75, 3.05) is 6.54 Å². The molecule has 7 rings (SSSR count). The Bertz CT molecular complexity index is 2090. The highest BCUT2D eigenvalue weighted by Crippen LogP contribution is 2.46. The second kappa shape index (κ2) is 15.8. The van der Waals surface area contributed by atoms with Crippen molar-refractivity contribution >= 4 is 56.5 Å². The van der Waals surface area contributed by atoms with E-state index in [9.17, 15) is 32.7 Å². The number of sulfonamides is 1. The minimum Gasteiger partial charge on any atom is -0.488 e. The van der Waals surface area contributed by atoms with Crippen LogP contribution in [0.2, 0.25) is 0 Å². The van der Waals surface area contributed by atoms with Crippen LogP contribution in [-0.2, 0) is 24.4 Å². The van der Waals surface area contributed by atoms with Gasteiger partial charge < -0.3 is 25.4 Å². The summed E-state index contributed by atoms with van der Waals surface area (Å²) in [5, 5.41) is 16.0. The second-order valence-electron chi connectivity index (χ2n) is 15.5. The van der Waals surface area contributed by atoms with Gasteiger partial charge >= 0.3 is 6.09 Å². The molecule has 0 aromatic carbocycles. The van der Waals surface area contributed by atoms with Gasteiger partial charge in [-0.25, -0.2) is 28.2 Å². The standard InChI is InChI=1S/C38H47N7O8S3/c1-5-23-12-20(2)8-6-7-9-24-16-38(24,36(48)44-56(51,52)27-10-11-27)43-32(46)30-15-26(19-45(30)35(47)31(23)42-37(49)50)53-25-13-28(33-39-17-21(3)54-33)41-29(14-25)34-40-18-22(4)55-34/h7,9,13-14,17-18,20,23-24,26-27,30-31,42H,5-6,8,10-12,15-16,19H2,1-4H3,(H,43,46)(H,44,48)(H,49,50)/b9-7-/t20-,23-,24-,26-,30+,31+,38-/m1/s1. The highest BCUT2D eigenvalue weighted by atomic mass is 32.2. The predicted octanol–water partition coefficient (Wildman–Crippen LogP) is 4.82. The summed E-state index contributed by atoms with van der Waals surface area (Å²) in [7, 11) is -3.92. The van der Waals surface area contributed by atoms with E-state index in [4.69, 9.17) is 9.72 Å². The van der Waals surface area contributed by atoms with Gasteiger partial charge in [0.2, 0.25) is 21.8 Å². The Labute approximate surface area is 333 Å². The van der Waals surface area contributed by atoms with Gasteiger partial charge in [0.25, 0.3) is 5.91 Å². The van der Waals surface area contributed by atoms with Crippen LogP contribution in [-0.4, -0.2) is 92.7 Å². The maximum atomic E-state index is 14.6. The van der Waals surface area contributed by atoms with E-state index in [1.54, 1.807) is 24.5 Å². The number of aromatic nitrogens is 3. The number of ether oxygens (including phenoxy) is 1. The molecule has 56 heavy (non-hydrogen) atoms. The molecular formula is C38H47N7O8S3. The summed E-state index contributed by atoms with van der Waals surface area (Å²) in [6.45, 7) is 7.81. The number of pyridine rings is 1. The third kappa shape index (κ3) is 8.61. The smallest absolute Gasteiger partial charge is 0.405 e. The molecule has 0 radical (unpaired) electrons. The molecule has 3 fully saturated rings. The Hall–Kier alpha value is -4.42. The number of thiazole rings is 2. The molecule has 0 unspecified atom stereocenters. The zero-order valence-corrected chi connectivity index (χ0v) is 34.1. The number of nitrogens with one attached hydrogen (secondary N) is 3. The molecule has 1 saturated heterocycles. The summed E-state index contributed by atoms with van der Waals surface area (Å²) in [5.74, 6) is -2.31. The highest BCUT2D eigenvalue weighted by Gasteiger charge is 2.62. The van der Waals surface area contributed by atoms with E-state index >= 15 is 0 Å². The quantitative estimate of drug-likeness (QED) is 0.215. The van der Waals surface area contributed by atoms with Crippen molar-refractivity contribution in [1.82, 2.24) is 35.2 Å². The van der Waals surface area contributed by atoms with Crippen LogP contribution in [0.4, 0.5) is 4.79 Å². The van der Waals surface area contributed by atoms with Crippen LogP contribution in [0.15, 0.2) is 36.7 Å². The summed E-state index contributed by atoms with van der Waals surface area (Å²) in [4.78, 5) is 72.3. The second-order valence-corrected chi connectivity index (χ2v) is 19.9. The van der Waals surface area contributed by atoms with Gasteiger partial charge in [-0.05, 0) is 64.2 Å². The van der Waals surface area contributed by atoms with Gasteiger partial charge in [0.15, 0.2) is 0 Å². The van der Waals surface area contributed by atoms with Crippen molar-refractivity contribution in [3.63, 3.8) is 0 Å². The van der Waals surface area contributed by atoms with Gasteiger partial charge in [0.05, 0.1) is 11.8 Å². The zero-order chi connectivity index (χ0) is 39.9. The van der Waals surface area contributed by atoms with E-state index in [1.165, 1.54) is 27.6 Å². The minimum atomic E-state index is -3.92. The topological polar surface area (TPSA) is 210 Å². The molecular weight excluding hydrogens is 779 g/mol. The Morgan fingerprint density at radius 3 is 2.29 bits per heavy atom. The molecule has 4 aliphatic rings. The van der Waals surface area contributed by atoms with Gasteiger partial charge in [-0.1, -0.05) is 32.4 Å². The fourth-order valence-electron chi connectivity index (χ4n) is 7.78. The first-order valence-electron chi connectivity index (χ1n) is 19.0. The molecule has 18 heteroatoms. The first-order chi connectivity index (χ1) is 26.6. The largest absolute Gasteiger partial charge is 0.488 e. The van der Waals surface area contributed by atoms with Crippen molar-refractivity contribution < 1.29 is 37.4 Å². The average Bonchev–Trinajstić information content (AvgIpc) is 3.97. The summed E-state index contributed by atoms with van der Waals surface area (Å²) in [6.07, 6.45) is 8.83. The summed E-state index contributed by atoms with van der Waals surface area (Å²) < 4.78 is 34.6. The van der Waals surface area contributed by atoms with Gasteiger partial charge in [-0.15, -0.1) is 22.7 Å². The first kappa shape index (κ1) is 39.8. The molecule has 0 spiro atoms. The number of rotatable bonds is 9. The van der Waals surface area contributed by atoms with Crippen molar-refractivity contribution in [3.8, 4) is 27.2 Å². The van der Waals surface area contributed by atoms with Crippen molar-refractivity contribution in [2.45, 2.75) is 108 Å². The molecule has 15 nitrogen and oxygen atoms in total. The first-order valence-corrected chi connectivity index (χ1v) is 22.2. The number of carboxylic acid groups (broad SMARTS) is 1. The third-order valence-electron chi connectivity index (χ3n) is 11.0. The van der Waals surface area contributed by atoms with E-state index in [0.29, 0.717) is 59.3 Å². The number of hydrogen-bond donors (Lipinski definition) is 4. The van der Waals surface area contributed by atoms with Gasteiger partial charge in [0.1, 0.15) is 50.9 Å². The summed E-state index contributed by atoms with van der Waals surface area (Å²) >= 11 is 2.95. The molecule has 2 aliphatic heterocycles. The van der Waals surface area contributed by atoms with Crippen molar-refractivity contribution in [2.24, 2.45) is 17.8 Å². The number of allylic oxidation sites excluding steroid dienone is 1. The molecule has 7 atom stereocenters. The van der Waals surface area contributed by atoms with Crippen LogP contribution in [0.3, 0.4) is 0 Å². The maximum absolute atomic E-state index is 14.6. The Morgan fingerprint density at radius 2 is 1.71 bits per heavy atom. The van der Waals surface area contributed by atoms with Crippen LogP contribution >= 0.6 is 22.7 Å². The van der Waals surface area contributed by atoms with E-state index < -0.39 is 68.7 Å². The van der Waals surface area contributed by atoms with E-state index in [2.05, 4.69) is 32.2 Å². The molecule has 3 aromatic heterocycles. The van der Waals surface area contributed by atoms with Crippen LogP contribution in [0.1, 0.15) is 75.0 Å².